The zero-order valence-electron chi connectivity index (χ0n) is 10.6. The van der Waals surface area contributed by atoms with Crippen LogP contribution in [0.4, 0.5) is 10.1 Å². The summed E-state index contributed by atoms with van der Waals surface area (Å²) in [5.41, 5.74) is 0.736. The van der Waals surface area contributed by atoms with Crippen LogP contribution in [-0.4, -0.2) is 4.92 Å². The molecule has 0 spiro atoms. The second-order valence-corrected chi connectivity index (χ2v) is 4.45. The lowest BCUT2D eigenvalue weighted by atomic mass is 10.2. The first-order valence-corrected chi connectivity index (χ1v) is 6.32. The molecule has 0 amide bonds. The number of benzene rings is 2. The molecule has 0 unspecified atom stereocenters. The average molecular weight is 296 g/mol. The third-order valence-electron chi connectivity index (χ3n) is 2.74. The monoisotopic (exact) mass is 295 g/mol. The van der Waals surface area contributed by atoms with Gasteiger partial charge in [-0.25, -0.2) is 4.39 Å². The highest BCUT2D eigenvalue weighted by Gasteiger charge is 2.18. The van der Waals surface area contributed by atoms with Crippen molar-refractivity contribution in [1.82, 2.24) is 0 Å². The molecule has 0 fully saturated rings. The molecule has 0 aliphatic rings. The number of nitro groups is 1. The Bertz CT molecular complexity index is 661. The Labute approximate surface area is 119 Å². The third kappa shape index (κ3) is 2.88. The number of rotatable bonds is 4. The zero-order valence-corrected chi connectivity index (χ0v) is 11.4. The van der Waals surface area contributed by atoms with Gasteiger partial charge in [0, 0.05) is 11.6 Å². The molecule has 0 radical (unpaired) electrons. The van der Waals surface area contributed by atoms with Gasteiger partial charge in [-0.2, -0.15) is 0 Å². The van der Waals surface area contributed by atoms with E-state index in [2.05, 4.69) is 0 Å². The Morgan fingerprint density at radius 1 is 1.30 bits per heavy atom. The van der Waals surface area contributed by atoms with Gasteiger partial charge >= 0.3 is 5.69 Å². The Hall–Kier alpha value is -2.14. The fourth-order valence-corrected chi connectivity index (χ4v) is 2.00. The molecular formula is C14H11ClFNO3. The van der Waals surface area contributed by atoms with Crippen LogP contribution in [0.5, 0.6) is 11.5 Å². The molecule has 0 saturated heterocycles. The van der Waals surface area contributed by atoms with Crippen LogP contribution in [0.2, 0.25) is 0 Å². The van der Waals surface area contributed by atoms with Gasteiger partial charge in [-0.3, -0.25) is 10.1 Å². The largest absolute Gasteiger partial charge is 0.450 e. The Balaban J connectivity index is 2.45. The number of nitro benzene ring substituents is 1. The Morgan fingerprint density at radius 3 is 2.70 bits per heavy atom. The summed E-state index contributed by atoms with van der Waals surface area (Å²) < 4.78 is 19.0. The quantitative estimate of drug-likeness (QED) is 0.471. The summed E-state index contributed by atoms with van der Waals surface area (Å²) >= 11 is 5.68. The van der Waals surface area contributed by atoms with E-state index in [1.165, 1.54) is 30.3 Å². The molecule has 0 saturated carbocycles. The first-order valence-electron chi connectivity index (χ1n) is 5.79. The lowest BCUT2D eigenvalue weighted by Gasteiger charge is -2.10. The van der Waals surface area contributed by atoms with Crippen molar-refractivity contribution in [2.75, 3.05) is 0 Å². The van der Waals surface area contributed by atoms with Crippen LogP contribution in [0, 0.1) is 22.9 Å². The number of hydrogen-bond acceptors (Lipinski definition) is 3. The standard InChI is InChI=1S/C14H11ClFNO3/c1-9-5-6-14(12(7-9)17(18)19)20-13-4-2-3-11(16)10(13)8-15/h2-7H,8H2,1H3. The van der Waals surface area contributed by atoms with Crippen LogP contribution in [0.15, 0.2) is 36.4 Å². The molecule has 2 aromatic carbocycles. The van der Waals surface area contributed by atoms with Crippen LogP contribution in [0.1, 0.15) is 11.1 Å². The average Bonchev–Trinajstić information content (AvgIpc) is 2.41. The number of halogens is 2. The van der Waals surface area contributed by atoms with Crippen molar-refractivity contribution in [1.29, 1.82) is 0 Å². The molecule has 104 valence electrons. The maximum Gasteiger partial charge on any atom is 0.311 e. The molecule has 0 N–H and O–H groups in total. The summed E-state index contributed by atoms with van der Waals surface area (Å²) in [6.07, 6.45) is 0. The summed E-state index contributed by atoms with van der Waals surface area (Å²) in [5, 5.41) is 11.0. The van der Waals surface area contributed by atoms with Gasteiger partial charge in [0.1, 0.15) is 11.6 Å². The molecule has 0 aromatic heterocycles. The van der Waals surface area contributed by atoms with Gasteiger partial charge in [0.05, 0.1) is 10.8 Å². The third-order valence-corrected chi connectivity index (χ3v) is 3.01. The molecule has 6 heteroatoms. The maximum atomic E-state index is 13.6. The van der Waals surface area contributed by atoms with E-state index >= 15 is 0 Å². The normalized spacial score (nSPS) is 10.3. The van der Waals surface area contributed by atoms with E-state index in [0.29, 0.717) is 0 Å². The van der Waals surface area contributed by atoms with Crippen LogP contribution in [0.25, 0.3) is 0 Å². The van der Waals surface area contributed by atoms with E-state index in [-0.39, 0.29) is 28.6 Å². The van der Waals surface area contributed by atoms with E-state index in [4.69, 9.17) is 16.3 Å². The highest BCUT2D eigenvalue weighted by molar-refractivity contribution is 6.17. The highest BCUT2D eigenvalue weighted by atomic mass is 35.5. The minimum absolute atomic E-state index is 0.0533. The van der Waals surface area contributed by atoms with Gasteiger partial charge in [0.25, 0.3) is 0 Å². The zero-order chi connectivity index (χ0) is 14.7. The van der Waals surface area contributed by atoms with E-state index in [9.17, 15) is 14.5 Å². The Morgan fingerprint density at radius 2 is 2.05 bits per heavy atom. The minimum atomic E-state index is -0.540. The first-order chi connectivity index (χ1) is 9.52. The van der Waals surface area contributed by atoms with Gasteiger partial charge in [-0.05, 0) is 30.7 Å². The number of ether oxygens (including phenoxy) is 1. The first kappa shape index (κ1) is 14.3. The predicted octanol–water partition coefficient (Wildman–Crippen LogP) is 4.57. The lowest BCUT2D eigenvalue weighted by molar-refractivity contribution is -0.385. The lowest BCUT2D eigenvalue weighted by Crippen LogP contribution is -1.97. The summed E-state index contributed by atoms with van der Waals surface area (Å²) in [6.45, 7) is 1.74. The SMILES string of the molecule is Cc1ccc(Oc2cccc(F)c2CCl)c([N+](=O)[O-])c1. The van der Waals surface area contributed by atoms with Crippen molar-refractivity contribution in [3.63, 3.8) is 0 Å². The van der Waals surface area contributed by atoms with E-state index in [1.807, 2.05) is 0 Å². The fourth-order valence-electron chi connectivity index (χ4n) is 1.74. The molecule has 0 aliphatic heterocycles. The van der Waals surface area contributed by atoms with Crippen molar-refractivity contribution in [2.24, 2.45) is 0 Å². The predicted molar refractivity (Wildman–Crippen MR) is 73.9 cm³/mol. The molecule has 0 bridgehead atoms. The van der Waals surface area contributed by atoms with Gasteiger partial charge in [-0.15, -0.1) is 11.6 Å². The van der Waals surface area contributed by atoms with Gasteiger partial charge in [0.15, 0.2) is 0 Å². The van der Waals surface area contributed by atoms with Crippen molar-refractivity contribution in [3.05, 3.63) is 63.5 Å². The van der Waals surface area contributed by atoms with Crippen molar-refractivity contribution >= 4 is 17.3 Å². The molecule has 4 nitrogen and oxygen atoms in total. The van der Waals surface area contributed by atoms with E-state index in [0.717, 1.165) is 5.56 Å². The van der Waals surface area contributed by atoms with Crippen LogP contribution >= 0.6 is 11.6 Å². The molecule has 2 aromatic rings. The highest BCUT2D eigenvalue weighted by Crippen LogP contribution is 2.34. The van der Waals surface area contributed by atoms with Gasteiger partial charge < -0.3 is 4.74 Å². The number of hydrogen-bond donors (Lipinski definition) is 0. The fraction of sp³-hybridized carbons (Fsp3) is 0.143. The summed E-state index contributed by atoms with van der Waals surface area (Å²) in [7, 11) is 0. The van der Waals surface area contributed by atoms with E-state index in [1.54, 1.807) is 13.0 Å². The molecule has 0 atom stereocenters. The second kappa shape index (κ2) is 5.88. The van der Waals surface area contributed by atoms with Crippen LogP contribution in [-0.2, 0) is 5.88 Å². The molecule has 0 aliphatic carbocycles. The topological polar surface area (TPSA) is 52.4 Å². The minimum Gasteiger partial charge on any atom is -0.450 e. The number of nitrogens with zero attached hydrogens (tertiary/aromatic N) is 1. The molecule has 0 heterocycles. The number of aryl methyl sites for hydroxylation is 1. The summed E-state index contributed by atoms with van der Waals surface area (Å²) in [4.78, 5) is 10.5. The number of alkyl halides is 1. The van der Waals surface area contributed by atoms with Crippen LogP contribution < -0.4 is 4.74 Å². The van der Waals surface area contributed by atoms with Crippen LogP contribution in [0.3, 0.4) is 0 Å². The molecule has 2 rings (SSSR count). The van der Waals surface area contributed by atoms with Gasteiger partial charge in [0.2, 0.25) is 5.75 Å². The maximum absolute atomic E-state index is 13.6. The Kier molecular flexibility index (Phi) is 4.20. The van der Waals surface area contributed by atoms with Crippen molar-refractivity contribution in [3.8, 4) is 11.5 Å². The van der Waals surface area contributed by atoms with E-state index < -0.39 is 10.7 Å². The molecule has 20 heavy (non-hydrogen) atoms. The summed E-state index contributed by atoms with van der Waals surface area (Å²) in [6, 6.07) is 8.80. The smallest absolute Gasteiger partial charge is 0.311 e. The van der Waals surface area contributed by atoms with Gasteiger partial charge in [-0.1, -0.05) is 12.1 Å². The second-order valence-electron chi connectivity index (χ2n) is 4.18. The van der Waals surface area contributed by atoms with Crippen molar-refractivity contribution in [2.45, 2.75) is 12.8 Å². The van der Waals surface area contributed by atoms with Crippen molar-refractivity contribution < 1.29 is 14.1 Å². The summed E-state index contributed by atoms with van der Waals surface area (Å²) in [5.74, 6) is -0.362. The molecular weight excluding hydrogens is 285 g/mol.